The zero-order chi connectivity index (χ0) is 19.1. The Labute approximate surface area is 162 Å². The summed E-state index contributed by atoms with van der Waals surface area (Å²) in [7, 11) is 0. The van der Waals surface area contributed by atoms with Crippen molar-refractivity contribution in [1.29, 1.82) is 0 Å². The fourth-order valence-electron chi connectivity index (χ4n) is 4.50. The van der Waals surface area contributed by atoms with Crippen LogP contribution in [0.1, 0.15) is 80.9 Å². The van der Waals surface area contributed by atoms with E-state index in [-0.39, 0.29) is 0 Å². The molecule has 0 bridgehead atoms. The summed E-state index contributed by atoms with van der Waals surface area (Å²) in [6, 6.07) is 11.3. The zero-order valence-corrected chi connectivity index (χ0v) is 16.4. The van der Waals surface area contributed by atoms with E-state index in [1.54, 1.807) is 0 Å². The lowest BCUT2D eigenvalue weighted by Gasteiger charge is -2.30. The predicted octanol–water partition coefficient (Wildman–Crippen LogP) is 7.00. The average molecular weight is 372 g/mol. The summed E-state index contributed by atoms with van der Waals surface area (Å²) in [5, 5.41) is 0. The van der Waals surface area contributed by atoms with Crippen molar-refractivity contribution in [2.24, 2.45) is 5.92 Å². The van der Waals surface area contributed by atoms with E-state index >= 15 is 0 Å². The van der Waals surface area contributed by atoms with E-state index in [0.717, 1.165) is 12.3 Å². The standard InChI is InChI=1S/C24H31F2N/c1-2-3-4-7-18-10-12-20(13-11-18)22-9-6-5-8-19(22)14-15-21-16-17-23(25)27-24(21)26/h5-6,8-9,16-18,20H,2-4,7,10-15H2,1H3. The molecule has 27 heavy (non-hydrogen) atoms. The molecule has 1 aromatic carbocycles. The number of pyridine rings is 1. The Bertz CT molecular complexity index is 720. The maximum atomic E-state index is 13.8. The van der Waals surface area contributed by atoms with Gasteiger partial charge < -0.3 is 0 Å². The van der Waals surface area contributed by atoms with Crippen molar-refractivity contribution in [3.63, 3.8) is 0 Å². The molecule has 0 spiro atoms. The van der Waals surface area contributed by atoms with Crippen LogP contribution in [0.25, 0.3) is 0 Å². The molecule has 3 rings (SSSR count). The first-order chi connectivity index (χ1) is 13.2. The highest BCUT2D eigenvalue weighted by Gasteiger charge is 2.23. The van der Waals surface area contributed by atoms with Crippen LogP contribution in [0.2, 0.25) is 0 Å². The number of hydrogen-bond acceptors (Lipinski definition) is 1. The molecular formula is C24H31F2N. The largest absolute Gasteiger partial charge is 0.218 e. The third kappa shape index (κ3) is 5.60. The van der Waals surface area contributed by atoms with Gasteiger partial charge in [0.2, 0.25) is 11.9 Å². The summed E-state index contributed by atoms with van der Waals surface area (Å²) < 4.78 is 26.8. The van der Waals surface area contributed by atoms with Gasteiger partial charge in [0.15, 0.2) is 0 Å². The molecule has 0 atom stereocenters. The van der Waals surface area contributed by atoms with E-state index in [1.165, 1.54) is 74.6 Å². The Balaban J connectivity index is 1.59. The van der Waals surface area contributed by atoms with Gasteiger partial charge >= 0.3 is 0 Å². The number of halogens is 2. The normalized spacial score (nSPS) is 20.0. The van der Waals surface area contributed by atoms with Crippen molar-refractivity contribution < 1.29 is 8.78 Å². The first-order valence-electron chi connectivity index (χ1n) is 10.6. The summed E-state index contributed by atoms with van der Waals surface area (Å²) in [6.07, 6.45) is 11.9. The molecule has 1 aromatic heterocycles. The minimum Gasteiger partial charge on any atom is -0.190 e. The fourth-order valence-corrected chi connectivity index (χ4v) is 4.50. The van der Waals surface area contributed by atoms with Crippen LogP contribution >= 0.6 is 0 Å². The SMILES string of the molecule is CCCCCC1CCC(c2ccccc2CCc2ccc(F)nc2F)CC1. The van der Waals surface area contributed by atoms with Gasteiger partial charge in [0.05, 0.1) is 0 Å². The molecule has 146 valence electrons. The second-order valence-electron chi connectivity index (χ2n) is 8.00. The maximum absolute atomic E-state index is 13.8. The van der Waals surface area contributed by atoms with Crippen molar-refractivity contribution >= 4 is 0 Å². The molecule has 0 saturated heterocycles. The summed E-state index contributed by atoms with van der Waals surface area (Å²) in [4.78, 5) is 3.30. The van der Waals surface area contributed by atoms with Gasteiger partial charge in [-0.2, -0.15) is 13.8 Å². The Kier molecular flexibility index (Phi) is 7.37. The molecule has 1 nitrogen and oxygen atoms in total. The third-order valence-electron chi connectivity index (χ3n) is 6.11. The minimum atomic E-state index is -0.757. The molecule has 0 amide bonds. The third-order valence-corrected chi connectivity index (χ3v) is 6.11. The molecular weight excluding hydrogens is 340 g/mol. The lowest BCUT2D eigenvalue weighted by atomic mass is 9.75. The van der Waals surface area contributed by atoms with Crippen LogP contribution < -0.4 is 0 Å². The van der Waals surface area contributed by atoms with Crippen LogP contribution in [-0.4, -0.2) is 4.98 Å². The summed E-state index contributed by atoms with van der Waals surface area (Å²) in [5.74, 6) is 0.0894. The topological polar surface area (TPSA) is 12.9 Å². The predicted molar refractivity (Wildman–Crippen MR) is 107 cm³/mol. The summed E-state index contributed by atoms with van der Waals surface area (Å²) in [6.45, 7) is 2.27. The Morgan fingerprint density at radius 2 is 1.63 bits per heavy atom. The first kappa shape index (κ1) is 20.0. The van der Waals surface area contributed by atoms with Crippen LogP contribution in [0.5, 0.6) is 0 Å². The number of benzene rings is 1. The minimum absolute atomic E-state index is 0.492. The van der Waals surface area contributed by atoms with Gasteiger partial charge in [0, 0.05) is 5.56 Å². The molecule has 1 aliphatic rings. The van der Waals surface area contributed by atoms with E-state index in [4.69, 9.17) is 0 Å². The van der Waals surface area contributed by atoms with Gasteiger partial charge in [-0.15, -0.1) is 0 Å². The quantitative estimate of drug-likeness (QED) is 0.359. The van der Waals surface area contributed by atoms with Crippen molar-refractivity contribution in [2.75, 3.05) is 0 Å². The molecule has 3 heteroatoms. The van der Waals surface area contributed by atoms with Crippen molar-refractivity contribution in [1.82, 2.24) is 4.98 Å². The molecule has 1 saturated carbocycles. The van der Waals surface area contributed by atoms with Gasteiger partial charge in [-0.3, -0.25) is 0 Å². The maximum Gasteiger partial charge on any atom is 0.218 e. The molecule has 1 heterocycles. The number of hydrogen-bond donors (Lipinski definition) is 0. The lowest BCUT2D eigenvalue weighted by molar-refractivity contribution is 0.302. The van der Waals surface area contributed by atoms with E-state index < -0.39 is 11.9 Å². The van der Waals surface area contributed by atoms with E-state index in [2.05, 4.69) is 36.2 Å². The zero-order valence-electron chi connectivity index (χ0n) is 16.4. The number of unbranched alkanes of at least 4 members (excludes halogenated alkanes) is 2. The Hall–Kier alpha value is -1.77. The summed E-state index contributed by atoms with van der Waals surface area (Å²) >= 11 is 0. The van der Waals surface area contributed by atoms with Crippen molar-refractivity contribution in [3.8, 4) is 0 Å². The van der Waals surface area contributed by atoms with Crippen LogP contribution in [0, 0.1) is 17.8 Å². The van der Waals surface area contributed by atoms with Gasteiger partial charge in [0.25, 0.3) is 0 Å². The highest BCUT2D eigenvalue weighted by molar-refractivity contribution is 5.32. The van der Waals surface area contributed by atoms with Crippen molar-refractivity contribution in [2.45, 2.75) is 77.0 Å². The average Bonchev–Trinajstić information content (AvgIpc) is 2.68. The molecule has 0 radical (unpaired) electrons. The smallest absolute Gasteiger partial charge is 0.190 e. The molecule has 0 N–H and O–H groups in total. The van der Waals surface area contributed by atoms with Crippen LogP contribution in [0.15, 0.2) is 36.4 Å². The van der Waals surface area contributed by atoms with Gasteiger partial charge in [-0.25, -0.2) is 0 Å². The van der Waals surface area contributed by atoms with E-state index in [1.807, 2.05) is 0 Å². The second-order valence-corrected chi connectivity index (χ2v) is 8.00. The molecule has 1 fully saturated rings. The van der Waals surface area contributed by atoms with Crippen LogP contribution in [-0.2, 0) is 12.8 Å². The number of aromatic nitrogens is 1. The number of nitrogens with zero attached hydrogens (tertiary/aromatic N) is 1. The highest BCUT2D eigenvalue weighted by Crippen LogP contribution is 2.39. The monoisotopic (exact) mass is 371 g/mol. The van der Waals surface area contributed by atoms with Crippen LogP contribution in [0.4, 0.5) is 8.78 Å². The van der Waals surface area contributed by atoms with Crippen molar-refractivity contribution in [3.05, 3.63) is 65.0 Å². The van der Waals surface area contributed by atoms with Gasteiger partial charge in [0.1, 0.15) is 0 Å². The Morgan fingerprint density at radius 1 is 0.889 bits per heavy atom. The number of rotatable bonds is 8. The van der Waals surface area contributed by atoms with Gasteiger partial charge in [-0.05, 0) is 73.6 Å². The highest BCUT2D eigenvalue weighted by atomic mass is 19.1. The van der Waals surface area contributed by atoms with E-state index in [0.29, 0.717) is 17.9 Å². The number of aryl methyl sites for hydroxylation is 2. The molecule has 0 aliphatic heterocycles. The van der Waals surface area contributed by atoms with Gasteiger partial charge in [-0.1, -0.05) is 56.9 Å². The molecule has 2 aromatic rings. The second kappa shape index (κ2) is 9.96. The molecule has 1 aliphatic carbocycles. The van der Waals surface area contributed by atoms with E-state index in [9.17, 15) is 8.78 Å². The summed E-state index contributed by atoms with van der Waals surface area (Å²) in [5.41, 5.74) is 3.22. The van der Waals surface area contributed by atoms with Crippen LogP contribution in [0.3, 0.4) is 0 Å². The fraction of sp³-hybridized carbons (Fsp3) is 0.542. The Morgan fingerprint density at radius 3 is 2.37 bits per heavy atom. The first-order valence-corrected chi connectivity index (χ1v) is 10.6. The lowest BCUT2D eigenvalue weighted by Crippen LogP contribution is -2.15. The molecule has 0 unspecified atom stereocenters.